The fourth-order valence-electron chi connectivity index (χ4n) is 2.34. The molecular formula is C18H20N2O6. The van der Waals surface area contributed by atoms with Gasteiger partial charge in [0.05, 0.1) is 51.1 Å². The van der Waals surface area contributed by atoms with Gasteiger partial charge in [0.25, 0.3) is 0 Å². The predicted octanol–water partition coefficient (Wildman–Crippen LogP) is 1.79. The fourth-order valence-corrected chi connectivity index (χ4v) is 2.34. The Labute approximate surface area is 150 Å². The molecule has 4 heterocycles. The average molecular weight is 360 g/mol. The summed E-state index contributed by atoms with van der Waals surface area (Å²) in [4.78, 5) is 18.3. The van der Waals surface area contributed by atoms with Gasteiger partial charge in [-0.05, 0) is 0 Å². The van der Waals surface area contributed by atoms with Gasteiger partial charge < -0.3 is 24.1 Å². The summed E-state index contributed by atoms with van der Waals surface area (Å²) in [5, 5.41) is 8.85. The zero-order valence-corrected chi connectivity index (χ0v) is 14.2. The second-order valence-electron chi connectivity index (χ2n) is 5.56. The number of fused-ring (bicyclic) bond motifs is 2. The minimum atomic E-state index is -0.0728. The third-order valence-corrected chi connectivity index (χ3v) is 3.63. The molecule has 8 heteroatoms. The molecule has 2 aliphatic heterocycles. The molecule has 0 unspecified atom stereocenters. The minimum Gasteiger partial charge on any atom is -0.489 e. The van der Waals surface area contributed by atoms with E-state index in [1.165, 1.54) is 6.20 Å². The van der Waals surface area contributed by atoms with Crippen LogP contribution in [0.3, 0.4) is 0 Å². The molecule has 0 fully saturated rings. The first-order valence-corrected chi connectivity index (χ1v) is 8.36. The SMILES string of the molecule is O=Cc1cc2c(cn1)OCCCO2.OCc1cc2c(cn1)OCCCO2. The number of hydrogen-bond acceptors (Lipinski definition) is 8. The summed E-state index contributed by atoms with van der Waals surface area (Å²) in [6, 6.07) is 3.30. The van der Waals surface area contributed by atoms with Crippen molar-refractivity contribution < 1.29 is 28.8 Å². The first-order chi connectivity index (χ1) is 12.8. The number of aldehydes is 1. The predicted molar refractivity (Wildman–Crippen MR) is 91.0 cm³/mol. The van der Waals surface area contributed by atoms with Gasteiger partial charge >= 0.3 is 0 Å². The van der Waals surface area contributed by atoms with E-state index >= 15 is 0 Å². The molecule has 0 saturated heterocycles. The molecule has 0 spiro atoms. The highest BCUT2D eigenvalue weighted by atomic mass is 16.5. The molecule has 26 heavy (non-hydrogen) atoms. The maximum absolute atomic E-state index is 10.4. The van der Waals surface area contributed by atoms with Gasteiger partial charge in [-0.3, -0.25) is 9.78 Å². The van der Waals surface area contributed by atoms with Gasteiger partial charge in [-0.2, -0.15) is 0 Å². The van der Waals surface area contributed by atoms with E-state index < -0.39 is 0 Å². The van der Waals surface area contributed by atoms with E-state index in [4.69, 9.17) is 24.1 Å². The molecule has 0 aliphatic carbocycles. The normalized spacial score (nSPS) is 15.0. The van der Waals surface area contributed by atoms with Gasteiger partial charge in [0.15, 0.2) is 29.3 Å². The van der Waals surface area contributed by atoms with Crippen LogP contribution < -0.4 is 18.9 Å². The minimum absolute atomic E-state index is 0.0728. The third-order valence-electron chi connectivity index (χ3n) is 3.63. The molecule has 1 N–H and O–H groups in total. The molecule has 2 aromatic heterocycles. The second-order valence-corrected chi connectivity index (χ2v) is 5.56. The molecule has 2 aromatic rings. The summed E-state index contributed by atoms with van der Waals surface area (Å²) >= 11 is 0. The van der Waals surface area contributed by atoms with Crippen molar-refractivity contribution in [3.63, 3.8) is 0 Å². The maximum atomic E-state index is 10.4. The molecule has 0 bridgehead atoms. The summed E-state index contributed by atoms with van der Waals surface area (Å²) < 4.78 is 21.5. The number of aromatic nitrogens is 2. The Bertz CT molecular complexity index is 752. The van der Waals surface area contributed by atoms with Gasteiger partial charge in [-0.1, -0.05) is 0 Å². The number of ether oxygens (including phenoxy) is 4. The van der Waals surface area contributed by atoms with Gasteiger partial charge in [0.1, 0.15) is 5.69 Å². The van der Waals surface area contributed by atoms with Crippen LogP contribution in [0.25, 0.3) is 0 Å². The maximum Gasteiger partial charge on any atom is 0.179 e. The Kier molecular flexibility index (Phi) is 6.21. The van der Waals surface area contributed by atoms with Crippen molar-refractivity contribution in [2.75, 3.05) is 26.4 Å². The van der Waals surface area contributed by atoms with Crippen molar-refractivity contribution in [1.29, 1.82) is 0 Å². The van der Waals surface area contributed by atoms with Crippen molar-refractivity contribution in [2.24, 2.45) is 0 Å². The Balaban J connectivity index is 0.000000151. The zero-order valence-electron chi connectivity index (χ0n) is 14.2. The highest BCUT2D eigenvalue weighted by Gasteiger charge is 2.11. The topological polar surface area (TPSA) is 100 Å². The lowest BCUT2D eigenvalue weighted by Gasteiger charge is -2.06. The standard InChI is InChI=1S/C9H11NO3.C9H9NO3/c2*11-6-7-4-8-9(5-10-7)13-3-1-2-12-8/h4-5,11H,1-3,6H2;4-6H,1-3H2. The number of carbonyl (C=O) groups is 1. The fraction of sp³-hybridized carbons (Fsp3) is 0.389. The van der Waals surface area contributed by atoms with Gasteiger partial charge in [0, 0.05) is 25.0 Å². The average Bonchev–Trinajstić information content (AvgIpc) is 3.07. The number of nitrogens with zero attached hydrogens (tertiary/aromatic N) is 2. The van der Waals surface area contributed by atoms with E-state index in [0.717, 1.165) is 12.8 Å². The third kappa shape index (κ3) is 4.60. The van der Waals surface area contributed by atoms with Crippen LogP contribution >= 0.6 is 0 Å². The lowest BCUT2D eigenvalue weighted by atomic mass is 10.3. The van der Waals surface area contributed by atoms with E-state index in [2.05, 4.69) is 9.97 Å². The smallest absolute Gasteiger partial charge is 0.179 e. The molecule has 2 aliphatic rings. The van der Waals surface area contributed by atoms with E-state index in [9.17, 15) is 4.79 Å². The van der Waals surface area contributed by atoms with Crippen LogP contribution in [0.2, 0.25) is 0 Å². The van der Waals surface area contributed by atoms with Crippen molar-refractivity contribution in [2.45, 2.75) is 19.4 Å². The Morgan fingerprint density at radius 2 is 1.38 bits per heavy atom. The summed E-state index contributed by atoms with van der Waals surface area (Å²) in [7, 11) is 0. The van der Waals surface area contributed by atoms with Crippen molar-refractivity contribution >= 4 is 6.29 Å². The number of hydrogen-bond donors (Lipinski definition) is 1. The molecule has 0 atom stereocenters. The first-order valence-electron chi connectivity index (χ1n) is 8.36. The number of aliphatic hydroxyl groups excluding tert-OH is 1. The van der Waals surface area contributed by atoms with Crippen LogP contribution in [-0.2, 0) is 6.61 Å². The Morgan fingerprint density at radius 3 is 1.96 bits per heavy atom. The number of carbonyl (C=O) groups excluding carboxylic acids is 1. The lowest BCUT2D eigenvalue weighted by molar-refractivity contribution is 0.111. The number of aliphatic hydroxyl groups is 1. The van der Waals surface area contributed by atoms with Crippen molar-refractivity contribution in [3.05, 3.63) is 35.9 Å². The molecule has 8 nitrogen and oxygen atoms in total. The van der Waals surface area contributed by atoms with E-state index in [0.29, 0.717) is 67.1 Å². The van der Waals surface area contributed by atoms with Gasteiger partial charge in [-0.15, -0.1) is 0 Å². The van der Waals surface area contributed by atoms with Crippen molar-refractivity contribution in [1.82, 2.24) is 9.97 Å². The lowest BCUT2D eigenvalue weighted by Crippen LogP contribution is -1.97. The summed E-state index contributed by atoms with van der Waals surface area (Å²) in [6.45, 7) is 2.50. The van der Waals surface area contributed by atoms with E-state index in [-0.39, 0.29) is 6.61 Å². The quantitative estimate of drug-likeness (QED) is 0.809. The summed E-state index contributed by atoms with van der Waals surface area (Å²) in [5.41, 5.74) is 0.966. The highest BCUT2D eigenvalue weighted by Crippen LogP contribution is 2.29. The number of pyridine rings is 2. The molecule has 0 amide bonds. The molecule has 0 saturated carbocycles. The number of rotatable bonds is 2. The van der Waals surface area contributed by atoms with Crippen LogP contribution in [0.5, 0.6) is 23.0 Å². The molecule has 0 aromatic carbocycles. The van der Waals surface area contributed by atoms with Gasteiger partial charge in [-0.25, -0.2) is 4.98 Å². The Morgan fingerprint density at radius 1 is 0.846 bits per heavy atom. The Hall–Kier alpha value is -2.87. The molecule has 138 valence electrons. The van der Waals surface area contributed by atoms with Crippen LogP contribution in [-0.4, -0.2) is 47.8 Å². The van der Waals surface area contributed by atoms with Crippen LogP contribution in [0.15, 0.2) is 24.5 Å². The second kappa shape index (κ2) is 9.00. The largest absolute Gasteiger partial charge is 0.489 e. The van der Waals surface area contributed by atoms with Crippen LogP contribution in [0.4, 0.5) is 0 Å². The summed E-state index contributed by atoms with van der Waals surface area (Å²) in [5.74, 6) is 2.56. The monoisotopic (exact) mass is 360 g/mol. The zero-order chi connectivity index (χ0) is 18.2. The molecule has 4 rings (SSSR count). The van der Waals surface area contributed by atoms with Gasteiger partial charge in [0.2, 0.25) is 0 Å². The van der Waals surface area contributed by atoms with E-state index in [1.807, 2.05) is 0 Å². The van der Waals surface area contributed by atoms with E-state index in [1.54, 1.807) is 18.3 Å². The molecule has 0 radical (unpaired) electrons. The summed E-state index contributed by atoms with van der Waals surface area (Å²) in [6.07, 6.45) is 5.53. The first kappa shape index (κ1) is 17.9. The van der Waals surface area contributed by atoms with Crippen LogP contribution in [0, 0.1) is 0 Å². The highest BCUT2D eigenvalue weighted by molar-refractivity contribution is 5.73. The molecular weight excluding hydrogens is 340 g/mol. The van der Waals surface area contributed by atoms with Crippen molar-refractivity contribution in [3.8, 4) is 23.0 Å². The van der Waals surface area contributed by atoms with Crippen LogP contribution in [0.1, 0.15) is 29.0 Å².